The molecule has 128 valence electrons. The van der Waals surface area contributed by atoms with Crippen LogP contribution in [-0.4, -0.2) is 11.9 Å². The summed E-state index contributed by atoms with van der Waals surface area (Å²) in [5, 5.41) is 4.62. The molecule has 0 aliphatic rings. The van der Waals surface area contributed by atoms with Crippen LogP contribution in [0.2, 0.25) is 5.02 Å². The van der Waals surface area contributed by atoms with Crippen LogP contribution in [0.15, 0.2) is 36.4 Å². The van der Waals surface area contributed by atoms with Crippen LogP contribution in [0.1, 0.15) is 25.5 Å². The summed E-state index contributed by atoms with van der Waals surface area (Å²) in [6.07, 6.45) is 0. The molecule has 0 unspecified atom stereocenters. The minimum atomic E-state index is -1.61. The second-order valence-electron chi connectivity index (χ2n) is 5.54. The number of hydrogen-bond acceptors (Lipinski definition) is 1. The third-order valence-electron chi connectivity index (χ3n) is 3.66. The molecule has 0 heterocycles. The van der Waals surface area contributed by atoms with Gasteiger partial charge in [0.1, 0.15) is 6.04 Å². The van der Waals surface area contributed by atoms with Crippen molar-refractivity contribution in [1.29, 1.82) is 0 Å². The molecule has 0 aliphatic carbocycles. The van der Waals surface area contributed by atoms with Gasteiger partial charge in [0.2, 0.25) is 0 Å². The van der Waals surface area contributed by atoms with Gasteiger partial charge in [-0.1, -0.05) is 23.7 Å². The fraction of sp³-hybridized carbons (Fsp3) is 0.235. The van der Waals surface area contributed by atoms with Gasteiger partial charge in [-0.25, -0.2) is 13.2 Å². The van der Waals surface area contributed by atoms with E-state index in [1.165, 1.54) is 0 Å². The highest BCUT2D eigenvalue weighted by Gasteiger charge is 2.23. The molecule has 0 aromatic heterocycles. The molecular formula is C17H17ClF3N2O+. The number of rotatable bonds is 5. The number of hydrogen-bond donors (Lipinski definition) is 2. The maximum atomic E-state index is 13.6. The molecule has 0 spiro atoms. The zero-order valence-corrected chi connectivity index (χ0v) is 13.9. The Balaban J connectivity index is 2.03. The number of nitrogens with two attached hydrogens (primary N) is 1. The van der Waals surface area contributed by atoms with Crippen LogP contribution < -0.4 is 10.6 Å². The third kappa shape index (κ3) is 4.27. The van der Waals surface area contributed by atoms with Crippen LogP contribution in [-0.2, 0) is 4.79 Å². The summed E-state index contributed by atoms with van der Waals surface area (Å²) in [4.78, 5) is 12.1. The highest BCUT2D eigenvalue weighted by Crippen LogP contribution is 2.19. The Bertz CT molecular complexity index is 755. The molecule has 7 heteroatoms. The molecule has 1 amide bonds. The molecule has 0 saturated carbocycles. The van der Waals surface area contributed by atoms with Gasteiger partial charge in [0, 0.05) is 10.6 Å². The number of carbonyl (C=O) groups is 1. The second-order valence-corrected chi connectivity index (χ2v) is 5.97. The zero-order chi connectivity index (χ0) is 17.9. The smallest absolute Gasteiger partial charge is 0.282 e. The zero-order valence-electron chi connectivity index (χ0n) is 13.1. The molecule has 3 nitrogen and oxygen atoms in total. The number of amides is 1. The van der Waals surface area contributed by atoms with Gasteiger partial charge in [-0.3, -0.25) is 4.79 Å². The summed E-state index contributed by atoms with van der Waals surface area (Å²) < 4.78 is 39.7. The van der Waals surface area contributed by atoms with E-state index in [-0.39, 0.29) is 6.04 Å². The van der Waals surface area contributed by atoms with E-state index in [1.807, 2.05) is 19.1 Å². The maximum absolute atomic E-state index is 13.6. The van der Waals surface area contributed by atoms with Crippen molar-refractivity contribution in [1.82, 2.24) is 0 Å². The van der Waals surface area contributed by atoms with Crippen LogP contribution in [0, 0.1) is 17.5 Å². The fourth-order valence-electron chi connectivity index (χ4n) is 2.29. The van der Waals surface area contributed by atoms with Gasteiger partial charge in [0.25, 0.3) is 5.91 Å². The Morgan fingerprint density at radius 2 is 1.83 bits per heavy atom. The lowest BCUT2D eigenvalue weighted by atomic mass is 10.1. The highest BCUT2D eigenvalue weighted by molar-refractivity contribution is 6.30. The summed E-state index contributed by atoms with van der Waals surface area (Å²) in [7, 11) is 0. The largest absolute Gasteiger partial charge is 0.330 e. The van der Waals surface area contributed by atoms with E-state index in [2.05, 4.69) is 5.32 Å². The van der Waals surface area contributed by atoms with E-state index in [0.29, 0.717) is 5.02 Å². The number of carbonyl (C=O) groups excluding carboxylic acids is 1. The number of anilines is 1. The van der Waals surface area contributed by atoms with Crippen molar-refractivity contribution in [2.45, 2.75) is 25.9 Å². The molecule has 3 N–H and O–H groups in total. The summed E-state index contributed by atoms with van der Waals surface area (Å²) in [6.45, 7) is 3.53. The molecule has 0 fully saturated rings. The summed E-state index contributed by atoms with van der Waals surface area (Å²) in [5.74, 6) is -4.86. The SMILES string of the molecule is C[C@H]([NH2+][C@H](C)c1cccc(Cl)c1)C(=O)Nc1ccc(F)c(F)c1F. The molecule has 2 atom stereocenters. The Morgan fingerprint density at radius 1 is 1.12 bits per heavy atom. The predicted molar refractivity (Wildman–Crippen MR) is 86.2 cm³/mol. The van der Waals surface area contributed by atoms with E-state index < -0.39 is 35.1 Å². The Morgan fingerprint density at radius 3 is 2.50 bits per heavy atom. The lowest BCUT2D eigenvalue weighted by Crippen LogP contribution is -2.91. The van der Waals surface area contributed by atoms with Crippen molar-refractivity contribution >= 4 is 23.2 Å². The predicted octanol–water partition coefficient (Wildman–Crippen LogP) is 3.41. The molecule has 24 heavy (non-hydrogen) atoms. The van der Waals surface area contributed by atoms with Crippen LogP contribution in [0.25, 0.3) is 0 Å². The van der Waals surface area contributed by atoms with E-state index in [1.54, 1.807) is 24.4 Å². The topological polar surface area (TPSA) is 45.7 Å². The van der Waals surface area contributed by atoms with Gasteiger partial charge in [0.15, 0.2) is 23.5 Å². The van der Waals surface area contributed by atoms with Gasteiger partial charge >= 0.3 is 0 Å². The summed E-state index contributed by atoms with van der Waals surface area (Å²) in [6, 6.07) is 8.33. The minimum Gasteiger partial charge on any atom is -0.330 e. The minimum absolute atomic E-state index is 0.0701. The van der Waals surface area contributed by atoms with E-state index in [0.717, 1.165) is 17.7 Å². The average Bonchev–Trinajstić information content (AvgIpc) is 2.55. The van der Waals surface area contributed by atoms with Crippen molar-refractivity contribution < 1.29 is 23.3 Å². The first-order valence-corrected chi connectivity index (χ1v) is 7.72. The Kier molecular flexibility index (Phi) is 5.85. The molecule has 2 aromatic rings. The van der Waals surface area contributed by atoms with Crippen LogP contribution >= 0.6 is 11.6 Å². The monoisotopic (exact) mass is 357 g/mol. The Hall–Kier alpha value is -2.05. The molecular weight excluding hydrogens is 341 g/mol. The fourth-order valence-corrected chi connectivity index (χ4v) is 2.49. The van der Waals surface area contributed by atoms with Gasteiger partial charge < -0.3 is 10.6 Å². The molecule has 0 saturated heterocycles. The lowest BCUT2D eigenvalue weighted by molar-refractivity contribution is -0.709. The van der Waals surface area contributed by atoms with Crippen molar-refractivity contribution in [3.05, 3.63) is 64.4 Å². The van der Waals surface area contributed by atoms with Crippen LogP contribution in [0.3, 0.4) is 0 Å². The van der Waals surface area contributed by atoms with E-state index >= 15 is 0 Å². The normalized spacial score (nSPS) is 13.4. The second kappa shape index (κ2) is 7.68. The first kappa shape index (κ1) is 18.3. The number of halogens is 4. The van der Waals surface area contributed by atoms with E-state index in [9.17, 15) is 18.0 Å². The van der Waals surface area contributed by atoms with Crippen LogP contribution in [0.5, 0.6) is 0 Å². The van der Waals surface area contributed by atoms with Crippen molar-refractivity contribution in [3.63, 3.8) is 0 Å². The molecule has 0 aliphatic heterocycles. The van der Waals surface area contributed by atoms with E-state index in [4.69, 9.17) is 11.6 Å². The summed E-state index contributed by atoms with van der Waals surface area (Å²) in [5.41, 5.74) is 0.538. The number of quaternary nitrogens is 1. The van der Waals surface area contributed by atoms with Crippen molar-refractivity contribution in [2.24, 2.45) is 0 Å². The summed E-state index contributed by atoms with van der Waals surface area (Å²) >= 11 is 5.94. The van der Waals surface area contributed by atoms with Gasteiger partial charge in [-0.05, 0) is 38.1 Å². The Labute approximate surface area is 142 Å². The number of nitrogens with one attached hydrogen (secondary N) is 1. The van der Waals surface area contributed by atoms with Gasteiger partial charge in [0.05, 0.1) is 5.69 Å². The quantitative estimate of drug-likeness (QED) is 0.791. The maximum Gasteiger partial charge on any atom is 0.282 e. The molecule has 0 bridgehead atoms. The third-order valence-corrected chi connectivity index (χ3v) is 3.89. The average molecular weight is 358 g/mol. The van der Waals surface area contributed by atoms with Gasteiger partial charge in [-0.15, -0.1) is 0 Å². The van der Waals surface area contributed by atoms with Crippen molar-refractivity contribution in [2.75, 3.05) is 5.32 Å². The molecule has 2 rings (SSSR count). The molecule has 0 radical (unpaired) electrons. The standard InChI is InChI=1S/C17H16ClF3N2O/c1-9(11-4-3-5-12(18)8-11)22-10(2)17(24)23-14-7-6-13(19)15(20)16(14)21/h3-10,22H,1-2H3,(H,23,24)/p+1/t9-,10+/m1/s1. The first-order chi connectivity index (χ1) is 11.3. The first-order valence-electron chi connectivity index (χ1n) is 7.34. The van der Waals surface area contributed by atoms with Gasteiger partial charge in [-0.2, -0.15) is 0 Å². The highest BCUT2D eigenvalue weighted by atomic mass is 35.5. The van der Waals surface area contributed by atoms with Crippen LogP contribution in [0.4, 0.5) is 18.9 Å². The number of benzene rings is 2. The molecule has 2 aromatic carbocycles. The van der Waals surface area contributed by atoms with Crippen molar-refractivity contribution in [3.8, 4) is 0 Å². The lowest BCUT2D eigenvalue weighted by Gasteiger charge is -2.17.